The highest BCUT2D eigenvalue weighted by atomic mass is 16.5. The van der Waals surface area contributed by atoms with Gasteiger partial charge in [-0.05, 0) is 18.9 Å². The van der Waals surface area contributed by atoms with Crippen molar-refractivity contribution >= 4 is 11.8 Å². The largest absolute Gasteiger partial charge is 0.423 e. The molecular formula is C16H20O3. The lowest BCUT2D eigenvalue weighted by Crippen LogP contribution is -1.97. The number of esters is 1. The Morgan fingerprint density at radius 3 is 2.47 bits per heavy atom. The molecule has 0 unspecified atom stereocenters. The maximum absolute atomic E-state index is 11.6. The molecule has 0 amide bonds. The molecule has 0 aliphatic carbocycles. The van der Waals surface area contributed by atoms with Gasteiger partial charge in [-0.1, -0.05) is 25.7 Å². The summed E-state index contributed by atoms with van der Waals surface area (Å²) in [5.74, 6) is 2.59. The number of hydrogen-bond donors (Lipinski definition) is 0. The van der Waals surface area contributed by atoms with Gasteiger partial charge in [0.2, 0.25) is 0 Å². The molecule has 0 aromatic heterocycles. The van der Waals surface area contributed by atoms with Crippen molar-refractivity contribution in [1.82, 2.24) is 0 Å². The average molecular weight is 260 g/mol. The van der Waals surface area contributed by atoms with Crippen molar-refractivity contribution in [2.24, 2.45) is 0 Å². The summed E-state index contributed by atoms with van der Waals surface area (Å²) in [7, 11) is 0. The van der Waals surface area contributed by atoms with E-state index in [1.54, 1.807) is 0 Å². The zero-order chi connectivity index (χ0) is 13.9. The second-order valence-electron chi connectivity index (χ2n) is 4.59. The zero-order valence-electron chi connectivity index (χ0n) is 11.2. The highest BCUT2D eigenvalue weighted by molar-refractivity contribution is 5.93. The molecule has 3 nitrogen and oxygen atoms in total. The number of unbranched alkanes of at least 4 members (excludes halogenated alkanes) is 6. The second-order valence-corrected chi connectivity index (χ2v) is 4.59. The Balaban J connectivity index is 2.01. The Labute approximate surface area is 114 Å². The summed E-state index contributed by atoms with van der Waals surface area (Å²) in [5.41, 5.74) is 0. The molecule has 0 fully saturated rings. The SMILES string of the molecule is C#CCCCCCCCCC(=O)/C=C1\C=CC(=O)O1. The summed E-state index contributed by atoms with van der Waals surface area (Å²) in [5, 5.41) is 0. The summed E-state index contributed by atoms with van der Waals surface area (Å²) in [6, 6.07) is 0. The van der Waals surface area contributed by atoms with E-state index in [0.717, 1.165) is 32.1 Å². The number of carbonyl (C=O) groups is 2. The Bertz CT molecular complexity index is 410. The molecule has 0 saturated carbocycles. The van der Waals surface area contributed by atoms with Crippen LogP contribution in [0.4, 0.5) is 0 Å². The van der Waals surface area contributed by atoms with E-state index in [9.17, 15) is 9.59 Å². The van der Waals surface area contributed by atoms with Gasteiger partial charge >= 0.3 is 5.97 Å². The van der Waals surface area contributed by atoms with Crippen LogP contribution in [0.5, 0.6) is 0 Å². The summed E-state index contributed by atoms with van der Waals surface area (Å²) in [6.45, 7) is 0. The van der Waals surface area contributed by atoms with E-state index < -0.39 is 5.97 Å². The molecule has 0 aromatic carbocycles. The first-order valence-electron chi connectivity index (χ1n) is 6.80. The van der Waals surface area contributed by atoms with Gasteiger partial charge in [-0.2, -0.15) is 0 Å². The van der Waals surface area contributed by atoms with E-state index in [0.29, 0.717) is 12.2 Å². The van der Waals surface area contributed by atoms with Crippen molar-refractivity contribution in [3.8, 4) is 12.3 Å². The van der Waals surface area contributed by atoms with Crippen LogP contribution in [0.1, 0.15) is 51.4 Å². The molecule has 1 aliphatic heterocycles. The third-order valence-corrected chi connectivity index (χ3v) is 2.90. The Hall–Kier alpha value is -1.82. The quantitative estimate of drug-likeness (QED) is 0.276. The number of terminal acetylenes is 1. The Kier molecular flexibility index (Phi) is 7.34. The first-order chi connectivity index (χ1) is 9.22. The van der Waals surface area contributed by atoms with Gasteiger partial charge < -0.3 is 4.74 Å². The second kappa shape index (κ2) is 9.16. The number of allylic oxidation sites excluding steroid dienone is 2. The number of rotatable bonds is 9. The molecule has 1 rings (SSSR count). The highest BCUT2D eigenvalue weighted by Crippen LogP contribution is 2.12. The molecule has 0 saturated heterocycles. The van der Waals surface area contributed by atoms with E-state index in [1.165, 1.54) is 31.1 Å². The van der Waals surface area contributed by atoms with Crippen molar-refractivity contribution in [3.05, 3.63) is 24.0 Å². The standard InChI is InChI=1S/C16H20O3/c1-2-3-4-5-6-7-8-9-10-14(17)13-15-11-12-16(18)19-15/h1,11-13H,3-10H2/b15-13+. The minimum atomic E-state index is -0.411. The lowest BCUT2D eigenvalue weighted by atomic mass is 10.1. The zero-order valence-corrected chi connectivity index (χ0v) is 11.2. The van der Waals surface area contributed by atoms with Crippen LogP contribution in [0.2, 0.25) is 0 Å². The molecule has 0 N–H and O–H groups in total. The van der Waals surface area contributed by atoms with E-state index in [4.69, 9.17) is 11.2 Å². The van der Waals surface area contributed by atoms with Crippen LogP contribution < -0.4 is 0 Å². The van der Waals surface area contributed by atoms with Gasteiger partial charge in [0.1, 0.15) is 5.76 Å². The fraction of sp³-hybridized carbons (Fsp3) is 0.500. The average Bonchev–Trinajstić information content (AvgIpc) is 2.78. The maximum Gasteiger partial charge on any atom is 0.336 e. The van der Waals surface area contributed by atoms with Gasteiger partial charge in [0.15, 0.2) is 5.78 Å². The molecule has 1 aliphatic rings. The molecule has 0 radical (unpaired) electrons. The third-order valence-electron chi connectivity index (χ3n) is 2.90. The van der Waals surface area contributed by atoms with Crippen molar-refractivity contribution in [1.29, 1.82) is 0 Å². The maximum atomic E-state index is 11.6. The van der Waals surface area contributed by atoms with Gasteiger partial charge in [-0.15, -0.1) is 12.3 Å². The molecule has 0 atom stereocenters. The first-order valence-corrected chi connectivity index (χ1v) is 6.80. The predicted octanol–water partition coefficient (Wildman–Crippen LogP) is 3.31. The monoisotopic (exact) mass is 260 g/mol. The first kappa shape index (κ1) is 15.2. The molecule has 0 aromatic rings. The van der Waals surface area contributed by atoms with Crippen molar-refractivity contribution in [2.75, 3.05) is 0 Å². The van der Waals surface area contributed by atoms with Gasteiger partial charge in [0.25, 0.3) is 0 Å². The number of cyclic esters (lactones) is 1. The summed E-state index contributed by atoms with van der Waals surface area (Å²) < 4.78 is 4.79. The molecule has 1 heterocycles. The lowest BCUT2D eigenvalue weighted by Gasteiger charge is -2.00. The molecule has 3 heteroatoms. The van der Waals surface area contributed by atoms with Crippen LogP contribution in [-0.2, 0) is 14.3 Å². The van der Waals surface area contributed by atoms with Crippen LogP contribution >= 0.6 is 0 Å². The fourth-order valence-corrected chi connectivity index (χ4v) is 1.88. The smallest absolute Gasteiger partial charge is 0.336 e. The number of ether oxygens (including phenoxy) is 1. The molecule has 102 valence electrons. The highest BCUT2D eigenvalue weighted by Gasteiger charge is 2.10. The van der Waals surface area contributed by atoms with Crippen molar-refractivity contribution < 1.29 is 14.3 Å². The van der Waals surface area contributed by atoms with Crippen molar-refractivity contribution in [3.63, 3.8) is 0 Å². The minimum absolute atomic E-state index is 0.0154. The fourth-order valence-electron chi connectivity index (χ4n) is 1.88. The third kappa shape index (κ3) is 7.25. The van der Waals surface area contributed by atoms with Crippen LogP contribution in [0.25, 0.3) is 0 Å². The topological polar surface area (TPSA) is 43.4 Å². The lowest BCUT2D eigenvalue weighted by molar-refractivity contribution is -0.132. The van der Waals surface area contributed by atoms with E-state index in [1.807, 2.05) is 0 Å². The van der Waals surface area contributed by atoms with Crippen molar-refractivity contribution in [2.45, 2.75) is 51.4 Å². The van der Waals surface area contributed by atoms with Crippen LogP contribution in [0.3, 0.4) is 0 Å². The normalized spacial score (nSPS) is 15.5. The Morgan fingerprint density at radius 2 is 1.84 bits per heavy atom. The van der Waals surface area contributed by atoms with Crippen LogP contribution in [0.15, 0.2) is 24.0 Å². The summed E-state index contributed by atoms with van der Waals surface area (Å²) in [4.78, 5) is 22.3. The van der Waals surface area contributed by atoms with Gasteiger partial charge in [-0.25, -0.2) is 4.79 Å². The summed E-state index contributed by atoms with van der Waals surface area (Å²) >= 11 is 0. The number of carbonyl (C=O) groups excluding carboxylic acids is 2. The number of ketones is 1. The minimum Gasteiger partial charge on any atom is -0.423 e. The molecular weight excluding hydrogens is 240 g/mol. The van der Waals surface area contributed by atoms with Crippen LogP contribution in [-0.4, -0.2) is 11.8 Å². The van der Waals surface area contributed by atoms with Crippen LogP contribution in [0, 0.1) is 12.3 Å². The molecule has 19 heavy (non-hydrogen) atoms. The summed E-state index contributed by atoms with van der Waals surface area (Å²) in [6.07, 6.45) is 17.3. The van der Waals surface area contributed by atoms with Gasteiger partial charge in [0, 0.05) is 25.0 Å². The van der Waals surface area contributed by atoms with E-state index >= 15 is 0 Å². The molecule has 0 spiro atoms. The van der Waals surface area contributed by atoms with Gasteiger partial charge in [-0.3, -0.25) is 4.79 Å². The van der Waals surface area contributed by atoms with E-state index in [2.05, 4.69) is 5.92 Å². The molecule has 0 bridgehead atoms. The number of hydrogen-bond acceptors (Lipinski definition) is 3. The predicted molar refractivity (Wildman–Crippen MR) is 74.1 cm³/mol. The van der Waals surface area contributed by atoms with E-state index in [-0.39, 0.29) is 5.78 Å². The van der Waals surface area contributed by atoms with Gasteiger partial charge in [0.05, 0.1) is 0 Å². The Morgan fingerprint density at radius 1 is 1.16 bits per heavy atom.